The first kappa shape index (κ1) is 15.4. The van der Waals surface area contributed by atoms with Gasteiger partial charge in [-0.2, -0.15) is 11.8 Å². The molecule has 1 unspecified atom stereocenters. The van der Waals surface area contributed by atoms with Gasteiger partial charge in [0, 0.05) is 36.2 Å². The van der Waals surface area contributed by atoms with Crippen LogP contribution < -0.4 is 4.74 Å². The van der Waals surface area contributed by atoms with Crippen molar-refractivity contribution >= 4 is 34.4 Å². The van der Waals surface area contributed by atoms with Crippen LogP contribution >= 0.6 is 23.4 Å². The first-order chi connectivity index (χ1) is 9.60. The van der Waals surface area contributed by atoms with Crippen LogP contribution in [0, 0.1) is 5.82 Å². The van der Waals surface area contributed by atoms with E-state index in [9.17, 15) is 4.39 Å². The number of ether oxygens (including phenoxy) is 1. The van der Waals surface area contributed by atoms with Crippen molar-refractivity contribution in [3.05, 3.63) is 23.8 Å². The lowest BCUT2D eigenvalue weighted by molar-refractivity contribution is 0.387. The van der Waals surface area contributed by atoms with Crippen molar-refractivity contribution in [2.24, 2.45) is 0 Å². The number of fused-ring (bicyclic) bond motifs is 1. The number of methoxy groups -OCH3 is 1. The zero-order valence-corrected chi connectivity index (χ0v) is 13.4. The van der Waals surface area contributed by atoms with E-state index in [4.69, 9.17) is 16.3 Å². The normalized spacial score (nSPS) is 12.8. The number of imidazole rings is 1. The highest BCUT2D eigenvalue weighted by Crippen LogP contribution is 2.27. The van der Waals surface area contributed by atoms with Gasteiger partial charge in [0.15, 0.2) is 11.6 Å². The van der Waals surface area contributed by atoms with Crippen LogP contribution in [0.1, 0.15) is 12.7 Å². The number of thioether (sulfide) groups is 1. The molecule has 0 saturated heterocycles. The molecule has 110 valence electrons. The molecule has 1 aromatic carbocycles. The summed E-state index contributed by atoms with van der Waals surface area (Å²) in [6.07, 6.45) is 2.74. The molecule has 20 heavy (non-hydrogen) atoms. The van der Waals surface area contributed by atoms with Crippen LogP contribution in [0.25, 0.3) is 11.0 Å². The maximum atomic E-state index is 13.8. The van der Waals surface area contributed by atoms with E-state index in [0.29, 0.717) is 23.1 Å². The zero-order valence-electron chi connectivity index (χ0n) is 11.8. The van der Waals surface area contributed by atoms with Gasteiger partial charge in [0.25, 0.3) is 0 Å². The highest BCUT2D eigenvalue weighted by molar-refractivity contribution is 7.99. The van der Waals surface area contributed by atoms with Crippen molar-refractivity contribution < 1.29 is 9.13 Å². The highest BCUT2D eigenvalue weighted by atomic mass is 35.5. The Balaban J connectivity index is 2.56. The van der Waals surface area contributed by atoms with Crippen LogP contribution in [0.15, 0.2) is 12.1 Å². The minimum absolute atomic E-state index is 0.243. The summed E-state index contributed by atoms with van der Waals surface area (Å²) in [7, 11) is 1.47. The van der Waals surface area contributed by atoms with Crippen molar-refractivity contribution in [3.8, 4) is 5.75 Å². The second-order valence-electron chi connectivity index (χ2n) is 4.60. The van der Waals surface area contributed by atoms with Crippen molar-refractivity contribution in [3.63, 3.8) is 0 Å². The summed E-state index contributed by atoms with van der Waals surface area (Å²) in [5.74, 6) is 1.24. The second-order valence-corrected chi connectivity index (χ2v) is 6.25. The molecular formula is C14H18ClFN2OS. The number of hydrogen-bond acceptors (Lipinski definition) is 3. The lowest BCUT2D eigenvalue weighted by Gasteiger charge is -2.13. The van der Waals surface area contributed by atoms with E-state index in [1.807, 2.05) is 0 Å². The maximum Gasteiger partial charge on any atom is 0.167 e. The first-order valence-corrected chi connectivity index (χ1v) is 8.24. The monoisotopic (exact) mass is 316 g/mol. The fourth-order valence-electron chi connectivity index (χ4n) is 2.14. The number of nitrogens with zero attached hydrogens (tertiary/aromatic N) is 2. The minimum atomic E-state index is -0.389. The van der Waals surface area contributed by atoms with Gasteiger partial charge >= 0.3 is 0 Å². The fraction of sp³-hybridized carbons (Fsp3) is 0.500. The maximum absolute atomic E-state index is 13.8. The number of aryl methyl sites for hydroxylation is 1. The van der Waals surface area contributed by atoms with E-state index in [0.717, 1.165) is 17.9 Å². The van der Waals surface area contributed by atoms with Crippen molar-refractivity contribution in [1.82, 2.24) is 9.55 Å². The molecule has 0 aliphatic heterocycles. The van der Waals surface area contributed by atoms with Crippen LogP contribution in [0.3, 0.4) is 0 Å². The summed E-state index contributed by atoms with van der Waals surface area (Å²) >= 11 is 7.62. The van der Waals surface area contributed by atoms with Gasteiger partial charge in [-0.15, -0.1) is 11.6 Å². The van der Waals surface area contributed by atoms with Gasteiger partial charge in [-0.25, -0.2) is 9.37 Å². The molecule has 2 aromatic rings. The molecule has 1 atom stereocenters. The van der Waals surface area contributed by atoms with Gasteiger partial charge in [-0.3, -0.25) is 0 Å². The van der Waals surface area contributed by atoms with E-state index in [1.54, 1.807) is 17.8 Å². The number of alkyl halides is 1. The van der Waals surface area contributed by atoms with Gasteiger partial charge < -0.3 is 9.30 Å². The first-order valence-electron chi connectivity index (χ1n) is 6.42. The Hall–Kier alpha value is -0.940. The van der Waals surface area contributed by atoms with Gasteiger partial charge in [0.2, 0.25) is 0 Å². The lowest BCUT2D eigenvalue weighted by Crippen LogP contribution is -2.12. The van der Waals surface area contributed by atoms with E-state index in [1.165, 1.54) is 13.2 Å². The molecular weight excluding hydrogens is 299 g/mol. The molecule has 0 saturated carbocycles. The molecule has 1 aromatic heterocycles. The van der Waals surface area contributed by atoms with Crippen molar-refractivity contribution in [2.75, 3.05) is 19.2 Å². The Morgan fingerprint density at radius 2 is 2.25 bits per heavy atom. The third kappa shape index (κ3) is 3.04. The summed E-state index contributed by atoms with van der Waals surface area (Å²) < 4.78 is 20.9. The summed E-state index contributed by atoms with van der Waals surface area (Å²) in [5.41, 5.74) is 1.54. The SMILES string of the molecule is COc1cc2c(cc1F)nc(CCCl)n2CC(C)SC. The quantitative estimate of drug-likeness (QED) is 0.760. The molecule has 0 aliphatic rings. The van der Waals surface area contributed by atoms with Crippen molar-refractivity contribution in [2.45, 2.75) is 25.1 Å². The van der Waals surface area contributed by atoms with Gasteiger partial charge in [0.05, 0.1) is 18.1 Å². The van der Waals surface area contributed by atoms with Crippen LogP contribution in [-0.2, 0) is 13.0 Å². The molecule has 0 radical (unpaired) electrons. The molecule has 2 rings (SSSR count). The lowest BCUT2D eigenvalue weighted by atomic mass is 10.2. The predicted molar refractivity (Wildman–Crippen MR) is 83.6 cm³/mol. The number of benzene rings is 1. The van der Waals surface area contributed by atoms with E-state index < -0.39 is 0 Å². The Morgan fingerprint density at radius 1 is 1.50 bits per heavy atom. The Labute approximate surface area is 127 Å². The third-order valence-corrected chi connectivity index (χ3v) is 4.40. The van der Waals surface area contributed by atoms with Crippen molar-refractivity contribution in [1.29, 1.82) is 0 Å². The largest absolute Gasteiger partial charge is 0.494 e. The van der Waals surface area contributed by atoms with Gasteiger partial charge in [-0.1, -0.05) is 6.92 Å². The highest BCUT2D eigenvalue weighted by Gasteiger charge is 2.15. The number of halogens is 2. The molecule has 0 bridgehead atoms. The third-order valence-electron chi connectivity index (χ3n) is 3.26. The summed E-state index contributed by atoms with van der Waals surface area (Å²) in [4.78, 5) is 4.50. The standard InChI is InChI=1S/C14H18ClFN2OS/c1-9(20-3)8-18-12-7-13(19-2)10(16)6-11(12)17-14(18)4-5-15/h6-7,9H,4-5,8H2,1-3H3. The molecule has 0 fully saturated rings. The Morgan fingerprint density at radius 3 is 2.85 bits per heavy atom. The molecule has 1 heterocycles. The van der Waals surface area contributed by atoms with E-state index >= 15 is 0 Å². The zero-order chi connectivity index (χ0) is 14.7. The van der Waals surface area contributed by atoms with Crippen LogP contribution in [0.2, 0.25) is 0 Å². The molecule has 0 amide bonds. The number of rotatable bonds is 6. The average molecular weight is 317 g/mol. The van der Waals surface area contributed by atoms with E-state index in [2.05, 4.69) is 22.7 Å². The summed E-state index contributed by atoms with van der Waals surface area (Å²) in [5, 5.41) is 0.442. The van der Waals surface area contributed by atoms with Crippen LogP contribution in [0.4, 0.5) is 4.39 Å². The minimum Gasteiger partial charge on any atom is -0.494 e. The Bertz CT molecular complexity index is 602. The van der Waals surface area contributed by atoms with Gasteiger partial charge in [0.1, 0.15) is 5.82 Å². The summed E-state index contributed by atoms with van der Waals surface area (Å²) in [6, 6.07) is 3.13. The molecule has 0 N–H and O–H groups in total. The topological polar surface area (TPSA) is 27.1 Å². The van der Waals surface area contributed by atoms with Crippen LogP contribution in [-0.4, -0.2) is 34.0 Å². The number of aromatic nitrogens is 2. The average Bonchev–Trinajstić information content (AvgIpc) is 2.75. The molecule has 0 spiro atoms. The second kappa shape index (κ2) is 6.68. The number of hydrogen-bond donors (Lipinski definition) is 0. The van der Waals surface area contributed by atoms with E-state index in [-0.39, 0.29) is 11.6 Å². The van der Waals surface area contributed by atoms with Crippen LogP contribution in [0.5, 0.6) is 5.75 Å². The summed E-state index contributed by atoms with van der Waals surface area (Å²) in [6.45, 7) is 2.97. The smallest absolute Gasteiger partial charge is 0.167 e. The molecule has 3 nitrogen and oxygen atoms in total. The Kier molecular flexibility index (Phi) is 5.16. The van der Waals surface area contributed by atoms with Gasteiger partial charge in [-0.05, 0) is 6.26 Å². The molecule has 6 heteroatoms. The fourth-order valence-corrected chi connectivity index (χ4v) is 2.61. The predicted octanol–water partition coefficient (Wildman–Crippen LogP) is 3.72. The molecule has 0 aliphatic carbocycles.